The molecule has 1 atom stereocenters. The summed E-state index contributed by atoms with van der Waals surface area (Å²) in [5, 5.41) is 5.73. The van der Waals surface area contributed by atoms with Crippen molar-refractivity contribution in [1.29, 1.82) is 0 Å². The Morgan fingerprint density at radius 3 is 2.79 bits per heavy atom. The van der Waals surface area contributed by atoms with Gasteiger partial charge in [0, 0.05) is 30.4 Å². The van der Waals surface area contributed by atoms with Crippen LogP contribution in [0.1, 0.15) is 43.5 Å². The molecule has 2 heterocycles. The van der Waals surface area contributed by atoms with Crippen molar-refractivity contribution >= 4 is 6.03 Å². The molecule has 2 amide bonds. The Labute approximate surface area is 144 Å². The van der Waals surface area contributed by atoms with Gasteiger partial charge in [0.15, 0.2) is 0 Å². The molecule has 1 aliphatic rings. The van der Waals surface area contributed by atoms with Gasteiger partial charge in [-0.1, -0.05) is 0 Å². The number of piperidine rings is 1. The van der Waals surface area contributed by atoms with Crippen LogP contribution in [0.25, 0.3) is 0 Å². The normalized spacial score (nSPS) is 18.6. The summed E-state index contributed by atoms with van der Waals surface area (Å²) >= 11 is 0. The second-order valence-electron chi connectivity index (χ2n) is 7.10. The molecule has 1 aromatic rings. The quantitative estimate of drug-likeness (QED) is 0.770. The first kappa shape index (κ1) is 18.5. The summed E-state index contributed by atoms with van der Waals surface area (Å²) in [6.07, 6.45) is 2.34. The minimum atomic E-state index is -0.212. The molecule has 134 valence electrons. The Morgan fingerprint density at radius 2 is 2.12 bits per heavy atom. The third-order valence-electron chi connectivity index (χ3n) is 4.75. The van der Waals surface area contributed by atoms with Gasteiger partial charge in [-0.05, 0) is 64.6 Å². The van der Waals surface area contributed by atoms with Gasteiger partial charge in [-0.2, -0.15) is 0 Å². The number of nitrogens with one attached hydrogen (secondary N) is 3. The van der Waals surface area contributed by atoms with Crippen molar-refractivity contribution in [2.24, 2.45) is 5.92 Å². The molecule has 1 aliphatic heterocycles. The van der Waals surface area contributed by atoms with Crippen LogP contribution in [0, 0.1) is 19.8 Å². The van der Waals surface area contributed by atoms with Crippen molar-refractivity contribution in [3.05, 3.63) is 33.2 Å². The summed E-state index contributed by atoms with van der Waals surface area (Å²) in [4.78, 5) is 29.2. The Balaban J connectivity index is 1.79. The number of H-pyrrole nitrogens is 1. The number of urea groups is 1. The van der Waals surface area contributed by atoms with Gasteiger partial charge in [0.1, 0.15) is 0 Å². The van der Waals surface area contributed by atoms with Gasteiger partial charge >= 0.3 is 6.03 Å². The fourth-order valence-corrected chi connectivity index (χ4v) is 3.30. The summed E-state index contributed by atoms with van der Waals surface area (Å²) in [5.41, 5.74) is 2.21. The average Bonchev–Trinajstić information content (AvgIpc) is 2.52. The number of amides is 2. The minimum Gasteiger partial charge on any atom is -0.338 e. The van der Waals surface area contributed by atoms with Gasteiger partial charge in [-0.3, -0.25) is 4.79 Å². The van der Waals surface area contributed by atoms with Crippen LogP contribution in [0.3, 0.4) is 0 Å². The Kier molecular flexibility index (Phi) is 6.43. The highest BCUT2D eigenvalue weighted by Gasteiger charge is 2.21. The second kappa shape index (κ2) is 8.33. The summed E-state index contributed by atoms with van der Waals surface area (Å²) in [5.74, 6) is 0.497. The fraction of sp³-hybridized carbons (Fsp3) is 0.667. The molecule has 1 saturated heterocycles. The topological polar surface area (TPSA) is 77.2 Å². The van der Waals surface area contributed by atoms with Gasteiger partial charge in [-0.15, -0.1) is 0 Å². The molecule has 6 nitrogen and oxygen atoms in total. The molecule has 0 bridgehead atoms. The first-order chi connectivity index (χ1) is 11.4. The third kappa shape index (κ3) is 5.09. The zero-order chi connectivity index (χ0) is 17.7. The molecule has 0 aliphatic carbocycles. The van der Waals surface area contributed by atoms with Gasteiger partial charge in [-0.25, -0.2) is 4.79 Å². The van der Waals surface area contributed by atoms with E-state index in [-0.39, 0.29) is 18.1 Å². The smallest absolute Gasteiger partial charge is 0.315 e. The van der Waals surface area contributed by atoms with Crippen molar-refractivity contribution in [2.45, 2.75) is 53.1 Å². The minimum absolute atomic E-state index is 0.132. The van der Waals surface area contributed by atoms with Crippen LogP contribution in [0.5, 0.6) is 0 Å². The van der Waals surface area contributed by atoms with E-state index in [1.165, 1.54) is 6.42 Å². The number of likely N-dealkylation sites (tertiary alicyclic amines) is 1. The standard InChI is InChI=1S/C18H30N4O2/c1-12(2)22-7-5-6-15(11-22)9-19-18(24)20-10-16-13(3)8-14(4)21-17(16)23/h8,12,15H,5-7,9-11H2,1-4H3,(H,21,23)(H2,19,20,24)/t15-/m0/s1. The largest absolute Gasteiger partial charge is 0.338 e. The lowest BCUT2D eigenvalue weighted by atomic mass is 9.97. The number of nitrogens with zero attached hydrogens (tertiary/aromatic N) is 1. The number of carbonyl (C=O) groups is 1. The maximum Gasteiger partial charge on any atom is 0.315 e. The van der Waals surface area contributed by atoms with Crippen LogP contribution in [-0.2, 0) is 6.54 Å². The maximum atomic E-state index is 12.0. The molecule has 0 unspecified atom stereocenters. The second-order valence-corrected chi connectivity index (χ2v) is 7.10. The Hall–Kier alpha value is -1.82. The maximum absolute atomic E-state index is 12.0. The van der Waals surface area contributed by atoms with E-state index < -0.39 is 0 Å². The Bertz CT molecular complexity index is 624. The Morgan fingerprint density at radius 1 is 1.38 bits per heavy atom. The number of hydrogen-bond donors (Lipinski definition) is 3. The monoisotopic (exact) mass is 334 g/mol. The summed E-state index contributed by atoms with van der Waals surface area (Å²) < 4.78 is 0. The SMILES string of the molecule is Cc1cc(C)c(CNC(=O)NC[C@@H]2CCCN(C(C)C)C2)c(=O)[nH]1. The van der Waals surface area contributed by atoms with E-state index in [0.29, 0.717) is 24.1 Å². The van der Waals surface area contributed by atoms with E-state index in [4.69, 9.17) is 0 Å². The first-order valence-corrected chi connectivity index (χ1v) is 8.82. The molecule has 24 heavy (non-hydrogen) atoms. The van der Waals surface area contributed by atoms with Gasteiger partial charge in [0.2, 0.25) is 0 Å². The highest BCUT2D eigenvalue weighted by atomic mass is 16.2. The lowest BCUT2D eigenvalue weighted by Crippen LogP contribution is -2.45. The number of carbonyl (C=O) groups excluding carboxylic acids is 1. The highest BCUT2D eigenvalue weighted by molar-refractivity contribution is 5.73. The lowest BCUT2D eigenvalue weighted by Gasteiger charge is -2.35. The molecule has 1 fully saturated rings. The van der Waals surface area contributed by atoms with E-state index in [1.54, 1.807) is 0 Å². The number of pyridine rings is 1. The van der Waals surface area contributed by atoms with Gasteiger partial charge in [0.05, 0.1) is 6.54 Å². The van der Waals surface area contributed by atoms with Crippen LogP contribution in [0.15, 0.2) is 10.9 Å². The van der Waals surface area contributed by atoms with Crippen LogP contribution in [0.4, 0.5) is 4.79 Å². The van der Waals surface area contributed by atoms with Crippen molar-refractivity contribution in [3.63, 3.8) is 0 Å². The zero-order valence-corrected chi connectivity index (χ0v) is 15.2. The number of hydrogen-bond acceptors (Lipinski definition) is 3. The van der Waals surface area contributed by atoms with Gasteiger partial charge < -0.3 is 20.5 Å². The summed E-state index contributed by atoms with van der Waals surface area (Å²) in [7, 11) is 0. The number of aromatic amines is 1. The van der Waals surface area contributed by atoms with E-state index in [9.17, 15) is 9.59 Å². The summed E-state index contributed by atoms with van der Waals surface area (Å²) in [6.45, 7) is 11.3. The molecule has 1 aromatic heterocycles. The van der Waals surface area contributed by atoms with Crippen LogP contribution in [0.2, 0.25) is 0 Å². The molecule has 6 heteroatoms. The van der Waals surface area contributed by atoms with Crippen molar-refractivity contribution in [3.8, 4) is 0 Å². The average molecular weight is 334 g/mol. The van der Waals surface area contributed by atoms with Crippen molar-refractivity contribution in [2.75, 3.05) is 19.6 Å². The molecule has 0 saturated carbocycles. The predicted molar refractivity (Wildman–Crippen MR) is 96.2 cm³/mol. The number of aryl methyl sites for hydroxylation is 2. The third-order valence-corrected chi connectivity index (χ3v) is 4.75. The first-order valence-electron chi connectivity index (χ1n) is 8.82. The van der Waals surface area contributed by atoms with E-state index in [0.717, 1.165) is 30.8 Å². The molecule has 3 N–H and O–H groups in total. The van der Waals surface area contributed by atoms with Crippen LogP contribution in [-0.4, -0.2) is 41.6 Å². The highest BCUT2D eigenvalue weighted by Crippen LogP contribution is 2.17. The number of aromatic nitrogens is 1. The molecule has 0 radical (unpaired) electrons. The fourth-order valence-electron chi connectivity index (χ4n) is 3.30. The van der Waals surface area contributed by atoms with Crippen molar-refractivity contribution in [1.82, 2.24) is 20.5 Å². The molecule has 0 spiro atoms. The predicted octanol–water partition coefficient (Wildman–Crippen LogP) is 1.91. The molecule has 0 aromatic carbocycles. The number of rotatable bonds is 5. The molecular formula is C18H30N4O2. The van der Waals surface area contributed by atoms with Crippen molar-refractivity contribution < 1.29 is 4.79 Å². The van der Waals surface area contributed by atoms with E-state index in [1.807, 2.05) is 19.9 Å². The zero-order valence-electron chi connectivity index (χ0n) is 15.2. The van der Waals surface area contributed by atoms with Crippen LogP contribution < -0.4 is 16.2 Å². The molecule has 2 rings (SSSR count). The summed E-state index contributed by atoms with van der Waals surface area (Å²) in [6, 6.07) is 2.26. The van der Waals surface area contributed by atoms with E-state index in [2.05, 4.69) is 34.4 Å². The molecular weight excluding hydrogens is 304 g/mol. The van der Waals surface area contributed by atoms with Gasteiger partial charge in [0.25, 0.3) is 5.56 Å². The lowest BCUT2D eigenvalue weighted by molar-refractivity contribution is 0.139. The van der Waals surface area contributed by atoms with E-state index >= 15 is 0 Å². The van der Waals surface area contributed by atoms with Crippen LogP contribution >= 0.6 is 0 Å².